The van der Waals surface area contributed by atoms with Gasteiger partial charge >= 0.3 is 17.9 Å². The molecule has 380 valence electrons. The zero-order valence-corrected chi connectivity index (χ0v) is 44.1. The Morgan fingerprint density at radius 2 is 1.13 bits per heavy atom. The highest BCUT2D eigenvalue weighted by atomic mass is 32.2. The lowest BCUT2D eigenvalue weighted by molar-refractivity contribution is -0.158. The van der Waals surface area contributed by atoms with Gasteiger partial charge in [0.15, 0.2) is 0 Å². The van der Waals surface area contributed by atoms with E-state index in [2.05, 4.69) is 41.0 Å². The number of hydrogen-bond acceptors (Lipinski definition) is 12. The number of carbonyl (C=O) groups is 3. The number of thioether (sulfide) groups is 1. The average Bonchev–Trinajstić information content (AvgIpc) is 3.36. The molecule has 0 fully saturated rings. The second-order valence-electron chi connectivity index (χ2n) is 19.6. The fraction of sp³-hybridized carbons (Fsp3) is 0.618. The summed E-state index contributed by atoms with van der Waals surface area (Å²) in [5.41, 5.74) is 9.63. The lowest BCUT2D eigenvalue weighted by Crippen LogP contribution is -2.33. The maximum atomic E-state index is 13.9. The van der Waals surface area contributed by atoms with Crippen LogP contribution in [0.2, 0.25) is 0 Å². The first-order valence-corrected chi connectivity index (χ1v) is 26.3. The van der Waals surface area contributed by atoms with Gasteiger partial charge in [-0.2, -0.15) is 0 Å². The van der Waals surface area contributed by atoms with E-state index in [1.54, 1.807) is 31.3 Å². The Balaban J connectivity index is 1.63. The number of rotatable bonds is 37. The number of nitrogens with zero attached hydrogens (tertiary/aromatic N) is 4. The van der Waals surface area contributed by atoms with Crippen molar-refractivity contribution in [3.8, 4) is 0 Å². The molecule has 0 radical (unpaired) electrons. The highest BCUT2D eigenvalue weighted by Crippen LogP contribution is 2.40. The topological polar surface area (TPSA) is 159 Å². The molecule has 2 aromatic carbocycles. The second-order valence-corrected chi connectivity index (χ2v) is 21.4. The standard InChI is InChI=1S/C55H80N4O8S2/c1-52(2,47-24-12-8-13-25-47)33-34-55(5,51(62)67-43-41-64-38-20-35-58-59-56)29-15-9-14-28-53(3,50(61)66-42-40-63-6)30-16-17-31-54(4,32-19-44-69-48(68)46-22-10-7-11-23-46)49(60)65-39-18-21-45-26-36-57-37-27-45/h7-8,10-13,22-27,36-37H,9,14-21,28-35,38-44H2,1-6H3. The number of methoxy groups -OCH3 is 1. The van der Waals surface area contributed by atoms with Crippen molar-refractivity contribution in [3.63, 3.8) is 0 Å². The number of pyridine rings is 1. The normalized spacial score (nSPS) is 14.1. The predicted molar refractivity (Wildman–Crippen MR) is 281 cm³/mol. The number of hydrogen-bond donors (Lipinski definition) is 0. The maximum absolute atomic E-state index is 13.9. The van der Waals surface area contributed by atoms with E-state index in [9.17, 15) is 14.4 Å². The minimum Gasteiger partial charge on any atom is -0.465 e. The number of thiocarbonyl (C=S) groups is 1. The minimum absolute atomic E-state index is 0.142. The first-order chi connectivity index (χ1) is 33.2. The Labute approximate surface area is 422 Å². The van der Waals surface area contributed by atoms with Crippen LogP contribution < -0.4 is 0 Å². The number of benzene rings is 2. The molecule has 0 N–H and O–H groups in total. The number of azide groups is 1. The van der Waals surface area contributed by atoms with Crippen LogP contribution in [0.1, 0.15) is 148 Å². The molecule has 3 rings (SSSR count). The SMILES string of the molecule is COCCOC(=O)C(C)(CCCCCC(C)(CCC(C)(C)c1ccccc1)C(=O)OCCOCCCN=[N+]=[N-])CCCCC(C)(CCCSC(=S)c1ccccc1)C(=O)OCCCc1ccncc1. The highest BCUT2D eigenvalue weighted by molar-refractivity contribution is 8.23. The molecule has 0 saturated carbocycles. The van der Waals surface area contributed by atoms with Gasteiger partial charge in [-0.1, -0.05) is 124 Å². The molecule has 0 saturated heterocycles. The Morgan fingerprint density at radius 1 is 0.609 bits per heavy atom. The number of esters is 3. The van der Waals surface area contributed by atoms with Gasteiger partial charge in [0.1, 0.15) is 13.2 Å². The Kier molecular flexibility index (Phi) is 27.8. The van der Waals surface area contributed by atoms with E-state index >= 15 is 0 Å². The van der Waals surface area contributed by atoms with E-state index in [0.29, 0.717) is 71.3 Å². The second kappa shape index (κ2) is 32.5. The Morgan fingerprint density at radius 3 is 1.71 bits per heavy atom. The summed E-state index contributed by atoms with van der Waals surface area (Å²) in [6, 6.07) is 24.3. The molecule has 1 aromatic heterocycles. The number of unbranched alkanes of at least 4 members (excludes halogenated alkanes) is 3. The molecule has 3 aromatic rings. The third-order valence-electron chi connectivity index (χ3n) is 13.3. The largest absolute Gasteiger partial charge is 0.465 e. The van der Waals surface area contributed by atoms with Crippen LogP contribution in [0.5, 0.6) is 0 Å². The first kappa shape index (κ1) is 59.0. The van der Waals surface area contributed by atoms with E-state index in [1.165, 1.54) is 5.56 Å². The van der Waals surface area contributed by atoms with E-state index in [4.69, 9.17) is 41.4 Å². The van der Waals surface area contributed by atoms with Crippen LogP contribution in [0.4, 0.5) is 0 Å². The van der Waals surface area contributed by atoms with Gasteiger partial charge in [-0.3, -0.25) is 19.4 Å². The number of aryl methyl sites for hydroxylation is 1. The van der Waals surface area contributed by atoms with E-state index in [-0.39, 0.29) is 43.1 Å². The van der Waals surface area contributed by atoms with Crippen molar-refractivity contribution < 1.29 is 38.1 Å². The molecular weight excluding hydrogens is 909 g/mol. The average molecular weight is 989 g/mol. The van der Waals surface area contributed by atoms with Gasteiger partial charge in [0, 0.05) is 37.6 Å². The lowest BCUT2D eigenvalue weighted by Gasteiger charge is -2.33. The fourth-order valence-electron chi connectivity index (χ4n) is 8.44. The molecule has 3 atom stereocenters. The molecule has 0 amide bonds. The van der Waals surface area contributed by atoms with Crippen molar-refractivity contribution in [2.75, 3.05) is 59.0 Å². The first-order valence-electron chi connectivity index (χ1n) is 24.9. The molecule has 0 spiro atoms. The summed E-state index contributed by atoms with van der Waals surface area (Å²) in [5, 5.41) is 3.53. The van der Waals surface area contributed by atoms with Crippen LogP contribution in [0, 0.1) is 16.2 Å². The van der Waals surface area contributed by atoms with Crippen LogP contribution in [0.25, 0.3) is 10.4 Å². The van der Waals surface area contributed by atoms with Gasteiger partial charge in [-0.25, -0.2) is 0 Å². The zero-order valence-electron chi connectivity index (χ0n) is 42.4. The van der Waals surface area contributed by atoms with Gasteiger partial charge in [0.05, 0.1) is 40.3 Å². The summed E-state index contributed by atoms with van der Waals surface area (Å²) in [6.07, 6.45) is 15.0. The van der Waals surface area contributed by atoms with Crippen LogP contribution in [-0.4, -0.2) is 86.1 Å². The predicted octanol–water partition coefficient (Wildman–Crippen LogP) is 13.2. The molecule has 1 heterocycles. The fourth-order valence-corrected chi connectivity index (χ4v) is 9.60. The Hall–Kier alpha value is -4.33. The number of carbonyl (C=O) groups excluding carboxylic acids is 3. The number of aromatic nitrogens is 1. The summed E-state index contributed by atoms with van der Waals surface area (Å²) in [7, 11) is 1.59. The van der Waals surface area contributed by atoms with Crippen LogP contribution >= 0.6 is 24.0 Å². The summed E-state index contributed by atoms with van der Waals surface area (Å²) < 4.78 is 29.2. The van der Waals surface area contributed by atoms with Crippen molar-refractivity contribution in [2.24, 2.45) is 21.4 Å². The third kappa shape index (κ3) is 22.5. The molecule has 14 heteroatoms. The molecule has 0 aliphatic carbocycles. The van der Waals surface area contributed by atoms with Crippen molar-refractivity contribution in [2.45, 2.75) is 143 Å². The van der Waals surface area contributed by atoms with Crippen LogP contribution in [0.3, 0.4) is 0 Å². The minimum atomic E-state index is -0.732. The van der Waals surface area contributed by atoms with Gasteiger partial charge in [0.25, 0.3) is 0 Å². The molecule has 69 heavy (non-hydrogen) atoms. The van der Waals surface area contributed by atoms with Crippen molar-refractivity contribution in [1.82, 2.24) is 4.98 Å². The van der Waals surface area contributed by atoms with Crippen LogP contribution in [-0.2, 0) is 49.9 Å². The summed E-state index contributed by atoms with van der Waals surface area (Å²) in [5.74, 6) is 0.152. The molecule has 12 nitrogen and oxygen atoms in total. The third-order valence-corrected chi connectivity index (χ3v) is 14.9. The molecule has 0 aliphatic rings. The van der Waals surface area contributed by atoms with E-state index in [1.807, 2.05) is 81.4 Å². The van der Waals surface area contributed by atoms with Gasteiger partial charge < -0.3 is 23.7 Å². The van der Waals surface area contributed by atoms with Gasteiger partial charge in [0.2, 0.25) is 0 Å². The highest BCUT2D eigenvalue weighted by Gasteiger charge is 2.39. The molecule has 0 bridgehead atoms. The van der Waals surface area contributed by atoms with Crippen molar-refractivity contribution >= 4 is 46.1 Å². The lowest BCUT2D eigenvalue weighted by atomic mass is 9.72. The number of ether oxygens (including phenoxy) is 5. The monoisotopic (exact) mass is 989 g/mol. The van der Waals surface area contributed by atoms with Gasteiger partial charge in [-0.05, 0) is 137 Å². The van der Waals surface area contributed by atoms with Crippen LogP contribution in [0.15, 0.2) is 90.3 Å². The Bertz CT molecular complexity index is 1990. The van der Waals surface area contributed by atoms with Gasteiger partial charge in [-0.15, -0.1) is 11.8 Å². The quantitative estimate of drug-likeness (QED) is 0.0103. The molecule has 3 unspecified atom stereocenters. The molecule has 0 aliphatic heterocycles. The van der Waals surface area contributed by atoms with Crippen molar-refractivity contribution in [3.05, 3.63) is 112 Å². The van der Waals surface area contributed by atoms with E-state index < -0.39 is 16.2 Å². The van der Waals surface area contributed by atoms with E-state index in [0.717, 1.165) is 78.9 Å². The van der Waals surface area contributed by atoms with Crippen molar-refractivity contribution in [1.29, 1.82) is 0 Å². The molecular formula is C55H80N4O8S2. The summed E-state index contributed by atoms with van der Waals surface area (Å²) in [6.45, 7) is 12.5. The zero-order chi connectivity index (χ0) is 50.3. The summed E-state index contributed by atoms with van der Waals surface area (Å²) in [4.78, 5) is 48.3. The summed E-state index contributed by atoms with van der Waals surface area (Å²) >= 11 is 7.34. The smallest absolute Gasteiger partial charge is 0.311 e. The maximum Gasteiger partial charge on any atom is 0.311 e.